The molecule has 4 rings (SSSR count). The molecule has 0 aromatic heterocycles. The van der Waals surface area contributed by atoms with Crippen LogP contribution in [0.1, 0.15) is 37.7 Å². The molecule has 0 radical (unpaired) electrons. The molecule has 2 aliphatic carbocycles. The van der Waals surface area contributed by atoms with Crippen molar-refractivity contribution in [2.75, 3.05) is 16.8 Å². The van der Waals surface area contributed by atoms with Gasteiger partial charge in [0, 0.05) is 28.1 Å². The zero-order valence-corrected chi connectivity index (χ0v) is 16.4. The van der Waals surface area contributed by atoms with E-state index < -0.39 is 0 Å². The number of hydrogen-bond donors (Lipinski definition) is 1. The summed E-state index contributed by atoms with van der Waals surface area (Å²) in [4.78, 5) is 12.9. The first-order chi connectivity index (χ1) is 11.6. The molecule has 1 N–H and O–H groups in total. The van der Waals surface area contributed by atoms with Crippen LogP contribution in [0.3, 0.4) is 0 Å². The van der Waals surface area contributed by atoms with Crippen LogP contribution in [0, 0.1) is 24.7 Å². The van der Waals surface area contributed by atoms with Gasteiger partial charge in [-0.25, -0.2) is 0 Å². The molecule has 1 spiro atoms. The first-order valence-corrected chi connectivity index (χ1v) is 11.3. The number of anilines is 1. The standard InChI is InChI=1S/C19H24ClNOS2/c1-12-5-6-16(20)11-17(12)21-18(22)13-9-14-3-2-4-15(10-13)19(14)23-7-8-24-19/h5-6,11,13-15H,2-4,7-10H2,1H3,(H,21,22)/t13?,14-,15+. The molecule has 2 bridgehead atoms. The van der Waals surface area contributed by atoms with Gasteiger partial charge in [-0.2, -0.15) is 0 Å². The molecule has 24 heavy (non-hydrogen) atoms. The maximum atomic E-state index is 12.9. The SMILES string of the molecule is Cc1ccc(Cl)cc1NC(=O)C1C[C@H]2CCC[C@@H](C1)C21SCCS1. The Morgan fingerprint density at radius 3 is 2.54 bits per heavy atom. The molecule has 1 unspecified atom stereocenters. The van der Waals surface area contributed by atoms with E-state index in [9.17, 15) is 4.79 Å². The van der Waals surface area contributed by atoms with Gasteiger partial charge >= 0.3 is 0 Å². The van der Waals surface area contributed by atoms with Gasteiger partial charge in [0.1, 0.15) is 0 Å². The van der Waals surface area contributed by atoms with E-state index in [0.29, 0.717) is 20.9 Å². The summed E-state index contributed by atoms with van der Waals surface area (Å²) in [5, 5.41) is 3.83. The fourth-order valence-corrected chi connectivity index (χ4v) is 8.90. The molecule has 3 aliphatic rings. The molecule has 2 nitrogen and oxygen atoms in total. The first kappa shape index (κ1) is 17.1. The molecule has 130 valence electrons. The van der Waals surface area contributed by atoms with Gasteiger partial charge < -0.3 is 5.32 Å². The topological polar surface area (TPSA) is 29.1 Å². The van der Waals surface area contributed by atoms with E-state index in [1.165, 1.54) is 30.8 Å². The summed E-state index contributed by atoms with van der Waals surface area (Å²) >= 11 is 10.5. The Morgan fingerprint density at radius 1 is 1.21 bits per heavy atom. The van der Waals surface area contributed by atoms with Crippen LogP contribution in [0.2, 0.25) is 5.02 Å². The highest BCUT2D eigenvalue weighted by Gasteiger charge is 2.55. The predicted molar refractivity (Wildman–Crippen MR) is 106 cm³/mol. The summed E-state index contributed by atoms with van der Waals surface area (Å²) in [6, 6.07) is 5.70. The molecule has 1 aromatic carbocycles. The fraction of sp³-hybridized carbons (Fsp3) is 0.632. The number of nitrogens with one attached hydrogen (secondary N) is 1. The van der Waals surface area contributed by atoms with E-state index in [1.54, 1.807) is 0 Å². The lowest BCUT2D eigenvalue weighted by atomic mass is 9.67. The smallest absolute Gasteiger partial charge is 0.227 e. The van der Waals surface area contributed by atoms with Crippen molar-refractivity contribution in [1.29, 1.82) is 0 Å². The molecule has 3 fully saturated rings. The summed E-state index contributed by atoms with van der Waals surface area (Å²) in [5.74, 6) is 4.34. The van der Waals surface area contributed by atoms with E-state index >= 15 is 0 Å². The Morgan fingerprint density at radius 2 is 1.88 bits per heavy atom. The average molecular weight is 382 g/mol. The lowest BCUT2D eigenvalue weighted by molar-refractivity contribution is -0.122. The summed E-state index contributed by atoms with van der Waals surface area (Å²) in [6.45, 7) is 2.02. The number of halogens is 1. The molecule has 1 aliphatic heterocycles. The normalized spacial score (nSPS) is 31.2. The van der Waals surface area contributed by atoms with Crippen LogP contribution in [-0.2, 0) is 4.79 Å². The number of hydrogen-bond acceptors (Lipinski definition) is 3. The quantitative estimate of drug-likeness (QED) is 0.723. The minimum absolute atomic E-state index is 0.158. The van der Waals surface area contributed by atoms with Crippen LogP contribution < -0.4 is 5.32 Å². The highest BCUT2D eigenvalue weighted by Crippen LogP contribution is 2.64. The maximum Gasteiger partial charge on any atom is 0.227 e. The van der Waals surface area contributed by atoms with Gasteiger partial charge in [-0.05, 0) is 62.1 Å². The second-order valence-corrected chi connectivity index (χ2v) is 10.8. The lowest BCUT2D eigenvalue weighted by Crippen LogP contribution is -2.48. The minimum atomic E-state index is 0.158. The number of rotatable bonds is 2. The van der Waals surface area contributed by atoms with Gasteiger partial charge in [0.05, 0.1) is 4.08 Å². The predicted octanol–water partition coefficient (Wildman–Crippen LogP) is 5.59. The first-order valence-electron chi connectivity index (χ1n) is 8.93. The van der Waals surface area contributed by atoms with E-state index in [0.717, 1.165) is 24.1 Å². The fourth-order valence-electron chi connectivity index (χ4n) is 4.79. The van der Waals surface area contributed by atoms with Crippen molar-refractivity contribution in [2.45, 2.75) is 43.1 Å². The largest absolute Gasteiger partial charge is 0.326 e. The van der Waals surface area contributed by atoms with Crippen LogP contribution in [0.25, 0.3) is 0 Å². The van der Waals surface area contributed by atoms with Gasteiger partial charge in [-0.15, -0.1) is 23.5 Å². The number of carbonyl (C=O) groups excluding carboxylic acids is 1. The zero-order valence-electron chi connectivity index (χ0n) is 14.0. The molecule has 5 heteroatoms. The third-order valence-corrected chi connectivity index (χ3v) is 10.2. The van der Waals surface area contributed by atoms with E-state index in [2.05, 4.69) is 28.8 Å². The van der Waals surface area contributed by atoms with Crippen molar-refractivity contribution < 1.29 is 4.79 Å². The molecular weight excluding hydrogens is 358 g/mol. The highest BCUT2D eigenvalue weighted by molar-refractivity contribution is 8.21. The number of amides is 1. The van der Waals surface area contributed by atoms with Crippen LogP contribution in [-0.4, -0.2) is 21.5 Å². The van der Waals surface area contributed by atoms with Gasteiger partial charge in [-0.3, -0.25) is 4.79 Å². The van der Waals surface area contributed by atoms with Crippen LogP contribution in [0.4, 0.5) is 5.69 Å². The molecular formula is C19H24ClNOS2. The number of thioether (sulfide) groups is 2. The lowest BCUT2D eigenvalue weighted by Gasteiger charge is -2.52. The van der Waals surface area contributed by atoms with Crippen LogP contribution in [0.15, 0.2) is 18.2 Å². The van der Waals surface area contributed by atoms with Crippen molar-refractivity contribution >= 4 is 46.7 Å². The average Bonchev–Trinajstić information content (AvgIpc) is 3.00. The Hall–Kier alpha value is -0.320. The summed E-state index contributed by atoms with van der Waals surface area (Å²) in [6.07, 6.45) is 6.07. The zero-order chi connectivity index (χ0) is 16.7. The second kappa shape index (κ2) is 6.77. The molecule has 1 saturated heterocycles. The molecule has 3 atom stereocenters. The Kier molecular flexibility index (Phi) is 4.83. The summed E-state index contributed by atoms with van der Waals surface area (Å²) in [7, 11) is 0. The maximum absolute atomic E-state index is 12.9. The number of benzene rings is 1. The molecule has 1 aromatic rings. The van der Waals surface area contributed by atoms with E-state index in [-0.39, 0.29) is 11.8 Å². The van der Waals surface area contributed by atoms with Crippen molar-refractivity contribution in [3.05, 3.63) is 28.8 Å². The van der Waals surface area contributed by atoms with Gasteiger partial charge in [-0.1, -0.05) is 24.1 Å². The third kappa shape index (κ3) is 2.99. The second-order valence-electron chi connectivity index (χ2n) is 7.36. The monoisotopic (exact) mass is 381 g/mol. The minimum Gasteiger partial charge on any atom is -0.326 e. The van der Waals surface area contributed by atoms with Crippen molar-refractivity contribution in [2.24, 2.45) is 17.8 Å². The van der Waals surface area contributed by atoms with Crippen molar-refractivity contribution in [1.82, 2.24) is 0 Å². The molecule has 1 amide bonds. The molecule has 1 heterocycles. The van der Waals surface area contributed by atoms with Crippen LogP contribution in [0.5, 0.6) is 0 Å². The van der Waals surface area contributed by atoms with Crippen molar-refractivity contribution in [3.63, 3.8) is 0 Å². The van der Waals surface area contributed by atoms with E-state index in [1.807, 2.05) is 25.1 Å². The van der Waals surface area contributed by atoms with Gasteiger partial charge in [0.2, 0.25) is 5.91 Å². The van der Waals surface area contributed by atoms with Crippen LogP contribution >= 0.6 is 35.1 Å². The summed E-state index contributed by atoms with van der Waals surface area (Å²) in [5.41, 5.74) is 1.93. The van der Waals surface area contributed by atoms with Gasteiger partial charge in [0.15, 0.2) is 0 Å². The third-order valence-electron chi connectivity index (χ3n) is 5.95. The Balaban J connectivity index is 1.50. The van der Waals surface area contributed by atoms with E-state index in [4.69, 9.17) is 11.6 Å². The summed E-state index contributed by atoms with van der Waals surface area (Å²) < 4.78 is 0.432. The van der Waals surface area contributed by atoms with Gasteiger partial charge in [0.25, 0.3) is 0 Å². The highest BCUT2D eigenvalue weighted by atomic mass is 35.5. The molecule has 2 saturated carbocycles. The van der Waals surface area contributed by atoms with Crippen molar-refractivity contribution in [3.8, 4) is 0 Å². The number of aryl methyl sites for hydroxylation is 1. The number of carbonyl (C=O) groups is 1. The Labute approximate surface area is 157 Å². The Bertz CT molecular complexity index is 628.